The number of aryl methyl sites for hydroxylation is 1. The van der Waals surface area contributed by atoms with Crippen LogP contribution in [0.25, 0.3) is 0 Å². The highest BCUT2D eigenvalue weighted by molar-refractivity contribution is 5.93. The Morgan fingerprint density at radius 3 is 2.74 bits per heavy atom. The minimum atomic E-state index is -0.235. The third-order valence-corrected chi connectivity index (χ3v) is 2.44. The summed E-state index contributed by atoms with van der Waals surface area (Å²) in [5.74, 6) is -0.235. The molecule has 2 N–H and O–H groups in total. The normalized spacial score (nSPS) is 9.79. The molecule has 0 aliphatic carbocycles. The molecule has 0 saturated heterocycles. The quantitative estimate of drug-likeness (QED) is 0.681. The molecule has 1 heterocycles. The van der Waals surface area contributed by atoms with Crippen LogP contribution in [0.15, 0.2) is 23.1 Å². The highest BCUT2D eigenvalue weighted by atomic mass is 35.5. The number of aromatic nitrogens is 1. The summed E-state index contributed by atoms with van der Waals surface area (Å²) in [6.45, 7) is 2.57. The first kappa shape index (κ1) is 17.6. The second-order valence-corrected chi connectivity index (χ2v) is 3.86. The maximum absolute atomic E-state index is 11.7. The molecule has 0 aliphatic rings. The Kier molecular flexibility index (Phi) is 8.86. The first-order chi connectivity index (χ1) is 8.65. The van der Waals surface area contributed by atoms with Crippen molar-refractivity contribution in [1.82, 2.24) is 15.2 Å². The zero-order valence-corrected chi connectivity index (χ0v) is 12.0. The van der Waals surface area contributed by atoms with Gasteiger partial charge in [0, 0.05) is 51.6 Å². The van der Waals surface area contributed by atoms with Crippen molar-refractivity contribution < 1.29 is 9.53 Å². The smallest absolute Gasteiger partial charge is 0.251 e. The van der Waals surface area contributed by atoms with Gasteiger partial charge in [0.2, 0.25) is 0 Å². The summed E-state index contributed by atoms with van der Waals surface area (Å²) >= 11 is 0. The van der Waals surface area contributed by atoms with Crippen molar-refractivity contribution in [1.29, 1.82) is 0 Å². The Balaban J connectivity index is 0.00000324. The Morgan fingerprint density at radius 2 is 2.11 bits per heavy atom. The molecule has 0 atom stereocenters. The van der Waals surface area contributed by atoms with E-state index in [-0.39, 0.29) is 23.9 Å². The minimum Gasteiger partial charge on any atom is -0.383 e. The number of methoxy groups -OCH3 is 1. The average Bonchev–Trinajstić information content (AvgIpc) is 2.36. The van der Waals surface area contributed by atoms with E-state index < -0.39 is 0 Å². The van der Waals surface area contributed by atoms with Gasteiger partial charge >= 0.3 is 0 Å². The van der Waals surface area contributed by atoms with Crippen LogP contribution in [0.3, 0.4) is 0 Å². The fourth-order valence-corrected chi connectivity index (χ4v) is 1.36. The molecule has 0 bridgehead atoms. The van der Waals surface area contributed by atoms with Crippen LogP contribution in [-0.2, 0) is 11.8 Å². The Hall–Kier alpha value is -1.37. The number of nitrogens with one attached hydrogen (secondary N) is 2. The lowest BCUT2D eigenvalue weighted by Crippen LogP contribution is -2.33. The SMILES string of the molecule is COCCNCCNC(=O)c1ccn(C)c(=O)c1.Cl. The van der Waals surface area contributed by atoms with E-state index in [1.54, 1.807) is 26.4 Å². The average molecular weight is 290 g/mol. The lowest BCUT2D eigenvalue weighted by molar-refractivity contribution is 0.0953. The summed E-state index contributed by atoms with van der Waals surface area (Å²) < 4.78 is 6.30. The third kappa shape index (κ3) is 6.37. The van der Waals surface area contributed by atoms with Crippen molar-refractivity contribution in [2.45, 2.75) is 0 Å². The van der Waals surface area contributed by atoms with Gasteiger partial charge in [-0.2, -0.15) is 0 Å². The molecule has 1 rings (SSSR count). The molecule has 0 spiro atoms. The fraction of sp³-hybridized carbons (Fsp3) is 0.500. The molecule has 0 fully saturated rings. The summed E-state index contributed by atoms with van der Waals surface area (Å²) in [4.78, 5) is 23.0. The summed E-state index contributed by atoms with van der Waals surface area (Å²) in [5.41, 5.74) is 0.191. The molecule has 0 aromatic carbocycles. The van der Waals surface area contributed by atoms with Crippen LogP contribution in [0, 0.1) is 0 Å². The maximum Gasteiger partial charge on any atom is 0.251 e. The number of nitrogens with zero attached hydrogens (tertiary/aromatic N) is 1. The van der Waals surface area contributed by atoms with Crippen LogP contribution in [-0.4, -0.2) is 43.8 Å². The predicted octanol–water partition coefficient (Wildman–Crippen LogP) is -0.227. The van der Waals surface area contributed by atoms with E-state index >= 15 is 0 Å². The van der Waals surface area contributed by atoms with Crippen LogP contribution in [0.4, 0.5) is 0 Å². The van der Waals surface area contributed by atoms with Gasteiger partial charge in [-0.3, -0.25) is 9.59 Å². The fourth-order valence-electron chi connectivity index (χ4n) is 1.36. The third-order valence-electron chi connectivity index (χ3n) is 2.44. The summed E-state index contributed by atoms with van der Waals surface area (Å²) in [5, 5.41) is 5.84. The first-order valence-electron chi connectivity index (χ1n) is 5.79. The van der Waals surface area contributed by atoms with Gasteiger partial charge in [0.15, 0.2) is 0 Å². The van der Waals surface area contributed by atoms with Crippen LogP contribution in [0.5, 0.6) is 0 Å². The van der Waals surface area contributed by atoms with E-state index in [1.165, 1.54) is 10.6 Å². The lowest BCUT2D eigenvalue weighted by atomic mass is 10.2. The molecule has 1 aromatic heterocycles. The van der Waals surface area contributed by atoms with E-state index in [2.05, 4.69) is 10.6 Å². The van der Waals surface area contributed by atoms with Crippen LogP contribution < -0.4 is 16.2 Å². The van der Waals surface area contributed by atoms with E-state index in [0.29, 0.717) is 25.3 Å². The lowest BCUT2D eigenvalue weighted by Gasteiger charge is -2.06. The van der Waals surface area contributed by atoms with Gasteiger partial charge in [-0.05, 0) is 6.07 Å². The molecule has 0 radical (unpaired) electrons. The number of ether oxygens (including phenoxy) is 1. The van der Waals surface area contributed by atoms with Crippen molar-refractivity contribution in [3.05, 3.63) is 34.2 Å². The molecule has 0 saturated carbocycles. The molecule has 0 aliphatic heterocycles. The zero-order chi connectivity index (χ0) is 13.4. The molecule has 0 unspecified atom stereocenters. The number of carbonyl (C=O) groups excluding carboxylic acids is 1. The number of rotatable bonds is 7. The second kappa shape index (κ2) is 9.55. The number of carbonyl (C=O) groups is 1. The van der Waals surface area contributed by atoms with Crippen LogP contribution in [0.2, 0.25) is 0 Å². The van der Waals surface area contributed by atoms with E-state index in [9.17, 15) is 9.59 Å². The van der Waals surface area contributed by atoms with Crippen molar-refractivity contribution >= 4 is 18.3 Å². The van der Waals surface area contributed by atoms with Crippen LogP contribution >= 0.6 is 12.4 Å². The van der Waals surface area contributed by atoms with Crippen LogP contribution in [0.1, 0.15) is 10.4 Å². The van der Waals surface area contributed by atoms with Gasteiger partial charge < -0.3 is 19.9 Å². The molecule has 1 amide bonds. The summed E-state index contributed by atoms with van der Waals surface area (Å²) in [7, 11) is 3.28. The first-order valence-corrected chi connectivity index (χ1v) is 5.79. The van der Waals surface area contributed by atoms with Gasteiger partial charge in [-0.25, -0.2) is 0 Å². The van der Waals surface area contributed by atoms with E-state index in [1.807, 2.05) is 0 Å². The standard InChI is InChI=1S/C12H19N3O3.ClH/c1-15-7-3-10(9-11(15)16)12(17)14-5-4-13-6-8-18-2;/h3,7,9,13H,4-6,8H2,1-2H3,(H,14,17);1H. The van der Waals surface area contributed by atoms with Crippen molar-refractivity contribution in [2.24, 2.45) is 7.05 Å². The number of pyridine rings is 1. The number of halogens is 1. The Bertz CT molecular complexity index is 448. The minimum absolute atomic E-state index is 0. The van der Waals surface area contributed by atoms with Gasteiger partial charge in [0.1, 0.15) is 0 Å². The summed E-state index contributed by atoms with van der Waals surface area (Å²) in [6, 6.07) is 2.95. The summed E-state index contributed by atoms with van der Waals surface area (Å²) in [6.07, 6.45) is 1.58. The Morgan fingerprint density at radius 1 is 1.37 bits per heavy atom. The molecular weight excluding hydrogens is 270 g/mol. The maximum atomic E-state index is 11.7. The van der Waals surface area contributed by atoms with Gasteiger partial charge in [-0.1, -0.05) is 0 Å². The number of amides is 1. The molecule has 7 heteroatoms. The molecule has 1 aromatic rings. The van der Waals surface area contributed by atoms with Crippen molar-refractivity contribution in [3.8, 4) is 0 Å². The highest BCUT2D eigenvalue weighted by Gasteiger charge is 2.05. The molecule has 19 heavy (non-hydrogen) atoms. The molecule has 6 nitrogen and oxygen atoms in total. The monoisotopic (exact) mass is 289 g/mol. The van der Waals surface area contributed by atoms with Gasteiger partial charge in [0.05, 0.1) is 6.61 Å². The van der Waals surface area contributed by atoms with E-state index in [4.69, 9.17) is 4.74 Å². The Labute approximate surface area is 118 Å². The highest BCUT2D eigenvalue weighted by Crippen LogP contribution is 1.93. The van der Waals surface area contributed by atoms with Crippen molar-refractivity contribution in [3.63, 3.8) is 0 Å². The predicted molar refractivity (Wildman–Crippen MR) is 76.0 cm³/mol. The van der Waals surface area contributed by atoms with Gasteiger partial charge in [0.25, 0.3) is 11.5 Å². The number of hydrogen-bond acceptors (Lipinski definition) is 4. The number of hydrogen-bond donors (Lipinski definition) is 2. The van der Waals surface area contributed by atoms with Crippen molar-refractivity contribution in [2.75, 3.05) is 33.4 Å². The second-order valence-electron chi connectivity index (χ2n) is 3.86. The molecular formula is C12H20ClN3O3. The van der Waals surface area contributed by atoms with Gasteiger partial charge in [-0.15, -0.1) is 12.4 Å². The largest absolute Gasteiger partial charge is 0.383 e. The van der Waals surface area contributed by atoms with E-state index in [0.717, 1.165) is 6.54 Å². The zero-order valence-electron chi connectivity index (χ0n) is 11.1. The topological polar surface area (TPSA) is 72.4 Å². The molecule has 108 valence electrons.